The van der Waals surface area contributed by atoms with Crippen molar-refractivity contribution < 1.29 is 0 Å². The zero-order valence-electron chi connectivity index (χ0n) is 13.8. The maximum Gasteiger partial charge on any atom is 0.128 e. The predicted octanol–water partition coefficient (Wildman–Crippen LogP) is 3.47. The Labute approximate surface area is 147 Å². The molecule has 1 aromatic carbocycles. The molecule has 5 heteroatoms. The molecule has 25 heavy (non-hydrogen) atoms. The zero-order chi connectivity index (χ0) is 17.3. The van der Waals surface area contributed by atoms with Crippen LogP contribution in [0.1, 0.15) is 11.1 Å². The van der Waals surface area contributed by atoms with Crippen LogP contribution in [0.3, 0.4) is 0 Å². The highest BCUT2D eigenvalue weighted by atomic mass is 15.2. The Morgan fingerprint density at radius 1 is 1.00 bits per heavy atom. The molecular formula is C20H19N5. The van der Waals surface area contributed by atoms with E-state index in [1.807, 2.05) is 42.5 Å². The van der Waals surface area contributed by atoms with Gasteiger partial charge in [0.25, 0.3) is 0 Å². The number of aromatic nitrogens is 2. The minimum Gasteiger partial charge on any atom is -0.382 e. The zero-order valence-corrected chi connectivity index (χ0v) is 13.8. The molecule has 0 saturated carbocycles. The van der Waals surface area contributed by atoms with Crippen LogP contribution in [0, 0.1) is 11.3 Å². The quantitative estimate of drug-likeness (QED) is 0.719. The van der Waals surface area contributed by atoms with Crippen LogP contribution < -0.4 is 10.2 Å². The molecule has 5 nitrogen and oxygen atoms in total. The third-order valence-corrected chi connectivity index (χ3v) is 3.83. The number of benzene rings is 1. The third-order valence-electron chi connectivity index (χ3n) is 3.83. The summed E-state index contributed by atoms with van der Waals surface area (Å²) >= 11 is 0. The van der Waals surface area contributed by atoms with E-state index < -0.39 is 0 Å². The van der Waals surface area contributed by atoms with Crippen molar-refractivity contribution in [2.75, 3.05) is 23.3 Å². The van der Waals surface area contributed by atoms with E-state index in [0.29, 0.717) is 12.1 Å². The highest BCUT2D eigenvalue weighted by Crippen LogP contribution is 2.15. The van der Waals surface area contributed by atoms with E-state index in [2.05, 4.69) is 38.4 Å². The molecule has 2 aromatic heterocycles. The number of rotatable bonds is 7. The van der Waals surface area contributed by atoms with Gasteiger partial charge in [-0.1, -0.05) is 36.4 Å². The Bertz CT molecular complexity index is 827. The van der Waals surface area contributed by atoms with E-state index in [1.54, 1.807) is 18.6 Å². The van der Waals surface area contributed by atoms with Crippen molar-refractivity contribution in [1.29, 1.82) is 5.26 Å². The monoisotopic (exact) mass is 329 g/mol. The van der Waals surface area contributed by atoms with Gasteiger partial charge in [0.1, 0.15) is 11.9 Å². The van der Waals surface area contributed by atoms with Gasteiger partial charge in [-0.15, -0.1) is 0 Å². The van der Waals surface area contributed by atoms with Crippen molar-refractivity contribution in [3.63, 3.8) is 0 Å². The van der Waals surface area contributed by atoms with Crippen LogP contribution in [-0.4, -0.2) is 23.1 Å². The van der Waals surface area contributed by atoms with Crippen molar-refractivity contribution in [3.05, 3.63) is 84.3 Å². The average Bonchev–Trinajstić information content (AvgIpc) is 2.69. The van der Waals surface area contributed by atoms with Crippen LogP contribution in [0.2, 0.25) is 0 Å². The Morgan fingerprint density at radius 3 is 2.60 bits per heavy atom. The summed E-state index contributed by atoms with van der Waals surface area (Å²) in [5.74, 6) is 0.934. The Morgan fingerprint density at radius 2 is 1.84 bits per heavy atom. The fourth-order valence-corrected chi connectivity index (χ4v) is 2.58. The number of hydrogen-bond acceptors (Lipinski definition) is 5. The number of nitrogens with zero attached hydrogens (tertiary/aromatic N) is 4. The number of nitrogens with one attached hydrogen (secondary N) is 1. The summed E-state index contributed by atoms with van der Waals surface area (Å²) in [6.45, 7) is 2.24. The molecule has 0 aliphatic carbocycles. The molecule has 0 aliphatic heterocycles. The van der Waals surface area contributed by atoms with Crippen LogP contribution >= 0.6 is 0 Å². The van der Waals surface area contributed by atoms with Crippen molar-refractivity contribution in [1.82, 2.24) is 9.97 Å². The van der Waals surface area contributed by atoms with Crippen molar-refractivity contribution >= 4 is 11.5 Å². The first-order valence-corrected chi connectivity index (χ1v) is 8.15. The molecule has 3 rings (SSSR count). The fourth-order valence-electron chi connectivity index (χ4n) is 2.58. The van der Waals surface area contributed by atoms with E-state index in [-0.39, 0.29) is 0 Å². The maximum absolute atomic E-state index is 9.15. The molecule has 0 atom stereocenters. The summed E-state index contributed by atoms with van der Waals surface area (Å²) in [7, 11) is 0. The van der Waals surface area contributed by atoms with E-state index in [1.165, 1.54) is 5.56 Å². The molecule has 3 aromatic rings. The van der Waals surface area contributed by atoms with E-state index >= 15 is 0 Å². The Kier molecular flexibility index (Phi) is 5.57. The van der Waals surface area contributed by atoms with Gasteiger partial charge >= 0.3 is 0 Å². The normalized spacial score (nSPS) is 10.0. The fraction of sp³-hybridized carbons (Fsp3) is 0.150. The number of anilines is 2. The van der Waals surface area contributed by atoms with Gasteiger partial charge < -0.3 is 10.2 Å². The standard InChI is InChI=1S/C20H19N5/c21-14-18-15-22-11-9-19(18)23-12-13-25(20-8-4-5-10-24-20)16-17-6-2-1-3-7-17/h1-11,15H,12-13,16H2,(H,22,23). The molecule has 1 N–H and O–H groups in total. The van der Waals surface area contributed by atoms with Crippen LogP contribution in [0.4, 0.5) is 11.5 Å². The summed E-state index contributed by atoms with van der Waals surface area (Å²) < 4.78 is 0. The molecule has 0 saturated heterocycles. The first-order chi connectivity index (χ1) is 12.4. The van der Waals surface area contributed by atoms with Crippen LogP contribution in [0.5, 0.6) is 0 Å². The smallest absolute Gasteiger partial charge is 0.128 e. The third kappa shape index (κ3) is 4.55. The van der Waals surface area contributed by atoms with Gasteiger partial charge in [0.05, 0.1) is 11.3 Å². The summed E-state index contributed by atoms with van der Waals surface area (Å²) in [6, 6.07) is 20.2. The number of pyridine rings is 2. The molecule has 0 fully saturated rings. The Balaban J connectivity index is 1.69. The number of nitriles is 1. The van der Waals surface area contributed by atoms with Crippen LogP contribution in [-0.2, 0) is 6.54 Å². The SMILES string of the molecule is N#Cc1cnccc1NCCN(Cc1ccccc1)c1ccccn1. The first kappa shape index (κ1) is 16.5. The van der Waals surface area contributed by atoms with Gasteiger partial charge in [-0.2, -0.15) is 5.26 Å². The minimum absolute atomic E-state index is 0.551. The van der Waals surface area contributed by atoms with Gasteiger partial charge in [0, 0.05) is 38.2 Å². The molecular weight excluding hydrogens is 310 g/mol. The van der Waals surface area contributed by atoms with E-state index in [9.17, 15) is 0 Å². The van der Waals surface area contributed by atoms with Crippen molar-refractivity contribution in [2.24, 2.45) is 0 Å². The van der Waals surface area contributed by atoms with Gasteiger partial charge in [-0.3, -0.25) is 4.98 Å². The second-order valence-electron chi connectivity index (χ2n) is 5.55. The molecule has 0 amide bonds. The molecule has 0 radical (unpaired) electrons. The second kappa shape index (κ2) is 8.46. The van der Waals surface area contributed by atoms with Gasteiger partial charge in [-0.05, 0) is 23.8 Å². The van der Waals surface area contributed by atoms with Gasteiger partial charge in [0.2, 0.25) is 0 Å². The first-order valence-electron chi connectivity index (χ1n) is 8.15. The lowest BCUT2D eigenvalue weighted by molar-refractivity contribution is 0.790. The van der Waals surface area contributed by atoms with Crippen LogP contribution in [0.25, 0.3) is 0 Å². The second-order valence-corrected chi connectivity index (χ2v) is 5.55. The summed E-state index contributed by atoms with van der Waals surface area (Å²) in [4.78, 5) is 10.7. The maximum atomic E-state index is 9.15. The molecule has 0 bridgehead atoms. The minimum atomic E-state index is 0.551. The van der Waals surface area contributed by atoms with Crippen molar-refractivity contribution in [3.8, 4) is 6.07 Å². The van der Waals surface area contributed by atoms with Gasteiger partial charge in [0.15, 0.2) is 0 Å². The lowest BCUT2D eigenvalue weighted by Crippen LogP contribution is -2.29. The molecule has 124 valence electrons. The van der Waals surface area contributed by atoms with Crippen LogP contribution in [0.15, 0.2) is 73.2 Å². The van der Waals surface area contributed by atoms with Crippen molar-refractivity contribution in [2.45, 2.75) is 6.54 Å². The Hall–Kier alpha value is -3.39. The molecule has 0 aliphatic rings. The lowest BCUT2D eigenvalue weighted by atomic mass is 10.2. The molecule has 0 spiro atoms. The average molecular weight is 329 g/mol. The largest absolute Gasteiger partial charge is 0.382 e. The number of hydrogen-bond donors (Lipinski definition) is 1. The molecule has 2 heterocycles. The molecule has 0 unspecified atom stereocenters. The summed E-state index contributed by atoms with van der Waals surface area (Å²) in [6.07, 6.45) is 5.06. The summed E-state index contributed by atoms with van der Waals surface area (Å²) in [5.41, 5.74) is 2.59. The summed E-state index contributed by atoms with van der Waals surface area (Å²) in [5, 5.41) is 12.5. The predicted molar refractivity (Wildman–Crippen MR) is 99.2 cm³/mol. The van der Waals surface area contributed by atoms with Gasteiger partial charge in [-0.25, -0.2) is 4.98 Å². The van der Waals surface area contributed by atoms with E-state index in [4.69, 9.17) is 5.26 Å². The highest BCUT2D eigenvalue weighted by molar-refractivity contribution is 5.55. The topological polar surface area (TPSA) is 64.8 Å². The highest BCUT2D eigenvalue weighted by Gasteiger charge is 2.09. The van der Waals surface area contributed by atoms with E-state index in [0.717, 1.165) is 24.6 Å². The lowest BCUT2D eigenvalue weighted by Gasteiger charge is -2.24.